The van der Waals surface area contributed by atoms with Gasteiger partial charge in [-0.3, -0.25) is 14.5 Å². The summed E-state index contributed by atoms with van der Waals surface area (Å²) in [6, 6.07) is 6.74. The number of Topliss-reactive ketones (excluding diaryl/α,β-unsaturated/α-hetero) is 2. The Kier molecular flexibility index (Phi) is 5.89. The van der Waals surface area contributed by atoms with E-state index in [1.165, 1.54) is 0 Å². The summed E-state index contributed by atoms with van der Waals surface area (Å²) in [5.41, 5.74) is -1.86. The van der Waals surface area contributed by atoms with Crippen molar-refractivity contribution in [1.29, 1.82) is 0 Å². The van der Waals surface area contributed by atoms with Crippen molar-refractivity contribution in [2.24, 2.45) is 0 Å². The number of aryl methyl sites for hydroxylation is 1. The Hall–Kier alpha value is -2.48. The number of carbonyl (C=O) groups excluding carboxylic acids is 3. The van der Waals surface area contributed by atoms with Crippen LogP contribution in [0.2, 0.25) is 0 Å². The van der Waals surface area contributed by atoms with Gasteiger partial charge in [-0.25, -0.2) is 4.79 Å². The maximum absolute atomic E-state index is 13.7. The summed E-state index contributed by atoms with van der Waals surface area (Å²) in [5.74, 6) is -2.37. The summed E-state index contributed by atoms with van der Waals surface area (Å²) in [7, 11) is 1.89. The van der Waals surface area contributed by atoms with Gasteiger partial charge < -0.3 is 4.74 Å². The average Bonchev–Trinajstić information content (AvgIpc) is 2.59. The molecule has 0 saturated carbocycles. The van der Waals surface area contributed by atoms with Gasteiger partial charge in [-0.1, -0.05) is 29.8 Å². The van der Waals surface area contributed by atoms with Crippen molar-refractivity contribution in [3.63, 3.8) is 0 Å². The molecule has 8 heteroatoms. The van der Waals surface area contributed by atoms with E-state index in [1.807, 2.05) is 6.92 Å². The molecule has 0 bridgehead atoms. The van der Waals surface area contributed by atoms with Crippen LogP contribution in [0.15, 0.2) is 35.9 Å². The summed E-state index contributed by atoms with van der Waals surface area (Å²) >= 11 is 0. The quantitative estimate of drug-likeness (QED) is 0.578. The van der Waals surface area contributed by atoms with Gasteiger partial charge in [0, 0.05) is 12.0 Å². The predicted octanol–water partition coefficient (Wildman–Crippen LogP) is 2.87. The van der Waals surface area contributed by atoms with E-state index < -0.39 is 30.0 Å². The highest BCUT2D eigenvalue weighted by molar-refractivity contribution is 6.02. The highest BCUT2D eigenvalue weighted by atomic mass is 19.4. The van der Waals surface area contributed by atoms with E-state index in [1.54, 1.807) is 24.3 Å². The number of alkyl halides is 3. The predicted molar refractivity (Wildman–Crippen MR) is 91.3 cm³/mol. The lowest BCUT2D eigenvalue weighted by atomic mass is 9.85. The standard InChI is InChI=1S/C19H20F3NO4/c1-12-4-6-13(7-5-12)15(24)9-8-14-10-18(17(26)27-3,19(20,21)22)23(2)11-16(14)25/h4-7,10H,8-9,11H2,1-3H3. The molecule has 1 aromatic carbocycles. The molecule has 0 spiro atoms. The number of ether oxygens (including phenoxy) is 1. The molecule has 0 saturated heterocycles. The Labute approximate surface area is 154 Å². The molecule has 1 unspecified atom stereocenters. The zero-order chi connectivity index (χ0) is 20.4. The third-order valence-electron chi connectivity index (χ3n) is 4.65. The Morgan fingerprint density at radius 3 is 2.33 bits per heavy atom. The Morgan fingerprint density at radius 1 is 1.22 bits per heavy atom. The number of rotatable bonds is 5. The molecule has 0 amide bonds. The minimum atomic E-state index is -4.98. The molecule has 1 aromatic rings. The Morgan fingerprint density at radius 2 is 1.81 bits per heavy atom. The van der Waals surface area contributed by atoms with E-state index >= 15 is 0 Å². The van der Waals surface area contributed by atoms with Gasteiger partial charge in [-0.05, 0) is 32.0 Å². The van der Waals surface area contributed by atoms with Crippen LogP contribution in [0.25, 0.3) is 0 Å². The normalized spacial score (nSPS) is 21.0. The number of halogens is 3. The molecule has 5 nitrogen and oxygen atoms in total. The van der Waals surface area contributed by atoms with Crippen LogP contribution >= 0.6 is 0 Å². The maximum Gasteiger partial charge on any atom is 0.421 e. The smallest absolute Gasteiger partial charge is 0.421 e. The van der Waals surface area contributed by atoms with Crippen molar-refractivity contribution in [3.8, 4) is 0 Å². The molecule has 0 aliphatic carbocycles. The third kappa shape index (κ3) is 3.95. The number of ketones is 2. The van der Waals surface area contributed by atoms with E-state index in [4.69, 9.17) is 0 Å². The lowest BCUT2D eigenvalue weighted by Gasteiger charge is -2.41. The molecular weight excluding hydrogens is 363 g/mol. The van der Waals surface area contributed by atoms with Crippen LogP contribution < -0.4 is 0 Å². The molecule has 1 aliphatic rings. The summed E-state index contributed by atoms with van der Waals surface area (Å²) in [4.78, 5) is 37.0. The van der Waals surface area contributed by atoms with Crippen LogP contribution in [0.3, 0.4) is 0 Å². The molecule has 0 aromatic heterocycles. The van der Waals surface area contributed by atoms with E-state index in [-0.39, 0.29) is 24.2 Å². The fourth-order valence-electron chi connectivity index (χ4n) is 3.01. The van der Waals surface area contributed by atoms with Crippen LogP contribution in [-0.2, 0) is 14.3 Å². The van der Waals surface area contributed by atoms with E-state index in [9.17, 15) is 27.6 Å². The lowest BCUT2D eigenvalue weighted by molar-refractivity contribution is -0.223. The molecule has 1 heterocycles. The molecule has 1 aliphatic heterocycles. The molecule has 0 N–H and O–H groups in total. The summed E-state index contributed by atoms with van der Waals surface area (Å²) in [5, 5.41) is 0. The molecule has 1 atom stereocenters. The number of benzene rings is 1. The second-order valence-corrected chi connectivity index (χ2v) is 6.49. The van der Waals surface area contributed by atoms with Crippen molar-refractivity contribution in [2.45, 2.75) is 31.5 Å². The SMILES string of the molecule is COC(=O)C1(C(F)(F)F)C=C(CCC(=O)c2ccc(C)cc2)C(=O)CN1C. The first-order valence-corrected chi connectivity index (χ1v) is 8.24. The first-order valence-electron chi connectivity index (χ1n) is 8.24. The highest BCUT2D eigenvalue weighted by Crippen LogP contribution is 2.40. The van der Waals surface area contributed by atoms with Gasteiger partial charge in [-0.2, -0.15) is 13.2 Å². The van der Waals surface area contributed by atoms with Crippen molar-refractivity contribution >= 4 is 17.5 Å². The number of hydrogen-bond donors (Lipinski definition) is 0. The molecule has 2 rings (SSSR count). The number of likely N-dealkylation sites (N-methyl/N-ethyl adjacent to an activating group) is 1. The minimum absolute atomic E-state index is 0.139. The van der Waals surface area contributed by atoms with Gasteiger partial charge in [0.15, 0.2) is 11.6 Å². The van der Waals surface area contributed by atoms with Gasteiger partial charge in [0.2, 0.25) is 5.54 Å². The lowest BCUT2D eigenvalue weighted by Crippen LogP contribution is -2.65. The number of nitrogens with zero attached hydrogens (tertiary/aromatic N) is 1. The zero-order valence-electron chi connectivity index (χ0n) is 15.2. The molecule has 0 radical (unpaired) electrons. The summed E-state index contributed by atoms with van der Waals surface area (Å²) in [6.45, 7) is 1.26. The van der Waals surface area contributed by atoms with E-state index in [2.05, 4.69) is 4.74 Å². The number of methoxy groups -OCH3 is 1. The van der Waals surface area contributed by atoms with Crippen LogP contribution in [0, 0.1) is 6.92 Å². The Bertz CT molecular complexity index is 783. The number of carbonyl (C=O) groups is 3. The maximum atomic E-state index is 13.7. The molecule has 146 valence electrons. The monoisotopic (exact) mass is 383 g/mol. The van der Waals surface area contributed by atoms with Gasteiger partial charge in [-0.15, -0.1) is 0 Å². The topological polar surface area (TPSA) is 63.7 Å². The van der Waals surface area contributed by atoms with Crippen LogP contribution in [0.1, 0.15) is 28.8 Å². The van der Waals surface area contributed by atoms with E-state index in [0.29, 0.717) is 16.5 Å². The Balaban J connectivity index is 2.31. The molecular formula is C19H20F3NO4. The second-order valence-electron chi connectivity index (χ2n) is 6.49. The first-order chi connectivity index (χ1) is 12.5. The van der Waals surface area contributed by atoms with Crippen molar-refractivity contribution in [2.75, 3.05) is 20.7 Å². The summed E-state index contributed by atoms with van der Waals surface area (Å²) < 4.78 is 45.5. The van der Waals surface area contributed by atoms with Gasteiger partial charge in [0.25, 0.3) is 0 Å². The van der Waals surface area contributed by atoms with Gasteiger partial charge >= 0.3 is 12.1 Å². The van der Waals surface area contributed by atoms with Gasteiger partial charge in [0.05, 0.1) is 13.7 Å². The van der Waals surface area contributed by atoms with E-state index in [0.717, 1.165) is 19.7 Å². The largest absolute Gasteiger partial charge is 0.467 e. The minimum Gasteiger partial charge on any atom is -0.467 e. The van der Waals surface area contributed by atoms with Crippen LogP contribution in [-0.4, -0.2) is 54.9 Å². The average molecular weight is 383 g/mol. The van der Waals surface area contributed by atoms with Crippen molar-refractivity contribution in [3.05, 3.63) is 47.0 Å². The number of hydrogen-bond acceptors (Lipinski definition) is 5. The fourth-order valence-corrected chi connectivity index (χ4v) is 3.01. The third-order valence-corrected chi connectivity index (χ3v) is 4.65. The van der Waals surface area contributed by atoms with Crippen molar-refractivity contribution < 1.29 is 32.3 Å². The fraction of sp³-hybridized carbons (Fsp3) is 0.421. The first kappa shape index (κ1) is 20.8. The second kappa shape index (κ2) is 7.64. The summed E-state index contributed by atoms with van der Waals surface area (Å²) in [6.07, 6.45) is -4.72. The molecule has 0 fully saturated rings. The highest BCUT2D eigenvalue weighted by Gasteiger charge is 2.64. The molecule has 27 heavy (non-hydrogen) atoms. The van der Waals surface area contributed by atoms with Crippen LogP contribution in [0.4, 0.5) is 13.2 Å². The number of esters is 1. The van der Waals surface area contributed by atoms with Gasteiger partial charge in [0.1, 0.15) is 0 Å². The van der Waals surface area contributed by atoms with Crippen molar-refractivity contribution in [1.82, 2.24) is 4.90 Å². The zero-order valence-corrected chi connectivity index (χ0v) is 15.2. The van der Waals surface area contributed by atoms with Crippen LogP contribution in [0.5, 0.6) is 0 Å².